The van der Waals surface area contributed by atoms with Gasteiger partial charge in [-0.3, -0.25) is 0 Å². The van der Waals surface area contributed by atoms with E-state index >= 15 is 0 Å². The lowest BCUT2D eigenvalue weighted by Gasteiger charge is -1.95. The van der Waals surface area contributed by atoms with Crippen LogP contribution in [0.5, 0.6) is 0 Å². The highest BCUT2D eigenvalue weighted by Gasteiger charge is 1.83. The summed E-state index contributed by atoms with van der Waals surface area (Å²) in [6.45, 7) is 6.94. The number of rotatable bonds is 3. The summed E-state index contributed by atoms with van der Waals surface area (Å²) in [5, 5.41) is 0. The molecule has 0 aliphatic heterocycles. The molecule has 0 rings (SSSR count). The molecule has 1 nitrogen and oxygen atoms in total. The predicted octanol–water partition coefficient (Wildman–Crippen LogP) is 2.55. The first-order valence-corrected chi connectivity index (χ1v) is 3.46. The second-order valence-corrected chi connectivity index (χ2v) is 2.69. The van der Waals surface area contributed by atoms with E-state index in [1.54, 1.807) is 7.11 Å². The molecular weight excluding hydrogens is 124 g/mol. The van der Waals surface area contributed by atoms with E-state index in [-0.39, 0.29) is 0 Å². The minimum absolute atomic E-state index is 0.726. The van der Waals surface area contributed by atoms with Crippen LogP contribution in [0.2, 0.25) is 0 Å². The van der Waals surface area contributed by atoms with Gasteiger partial charge in [-0.05, 0) is 26.3 Å². The molecule has 58 valence electrons. The molecule has 0 N–H and O–H groups in total. The van der Waals surface area contributed by atoms with Crippen LogP contribution in [0, 0.1) is 0 Å². The molecule has 0 atom stereocenters. The molecule has 0 saturated carbocycles. The van der Waals surface area contributed by atoms with Crippen LogP contribution in [-0.2, 0) is 4.74 Å². The van der Waals surface area contributed by atoms with Gasteiger partial charge in [0.05, 0.1) is 6.61 Å². The van der Waals surface area contributed by atoms with Crippen LogP contribution in [0.15, 0.2) is 23.3 Å². The van der Waals surface area contributed by atoms with Crippen molar-refractivity contribution < 1.29 is 4.74 Å². The van der Waals surface area contributed by atoms with Crippen molar-refractivity contribution in [2.75, 3.05) is 13.7 Å². The molecule has 0 unspecified atom stereocenters. The summed E-state index contributed by atoms with van der Waals surface area (Å²) in [5.41, 5.74) is 2.57. The number of allylic oxidation sites excluding steroid dienone is 3. The molecule has 10 heavy (non-hydrogen) atoms. The number of hydrogen-bond donors (Lipinski definition) is 0. The standard InChI is InChI=1S/C9H16O/c1-8(2)5-6-9(3)7-10-4/h5-6H,7H2,1-4H3. The molecule has 0 aromatic carbocycles. The van der Waals surface area contributed by atoms with Crippen molar-refractivity contribution in [2.45, 2.75) is 20.8 Å². The van der Waals surface area contributed by atoms with E-state index in [1.165, 1.54) is 11.1 Å². The fraction of sp³-hybridized carbons (Fsp3) is 0.556. The van der Waals surface area contributed by atoms with E-state index in [4.69, 9.17) is 4.74 Å². The monoisotopic (exact) mass is 140 g/mol. The third kappa shape index (κ3) is 5.57. The van der Waals surface area contributed by atoms with E-state index < -0.39 is 0 Å². The van der Waals surface area contributed by atoms with Crippen LogP contribution in [-0.4, -0.2) is 13.7 Å². The molecule has 0 aromatic rings. The van der Waals surface area contributed by atoms with Crippen LogP contribution in [0.4, 0.5) is 0 Å². The predicted molar refractivity (Wildman–Crippen MR) is 45.1 cm³/mol. The zero-order valence-corrected chi connectivity index (χ0v) is 7.27. The van der Waals surface area contributed by atoms with Gasteiger partial charge in [-0.1, -0.05) is 17.7 Å². The Morgan fingerprint density at radius 2 is 1.80 bits per heavy atom. The van der Waals surface area contributed by atoms with Crippen molar-refractivity contribution in [3.05, 3.63) is 23.3 Å². The number of ether oxygens (including phenoxy) is 1. The van der Waals surface area contributed by atoms with Gasteiger partial charge in [0.2, 0.25) is 0 Å². The summed E-state index contributed by atoms with van der Waals surface area (Å²) in [6.07, 6.45) is 4.17. The van der Waals surface area contributed by atoms with Gasteiger partial charge in [0.25, 0.3) is 0 Å². The van der Waals surface area contributed by atoms with Gasteiger partial charge in [0.15, 0.2) is 0 Å². The maximum atomic E-state index is 4.94. The number of methoxy groups -OCH3 is 1. The molecule has 1 heteroatoms. The van der Waals surface area contributed by atoms with Gasteiger partial charge in [0, 0.05) is 7.11 Å². The first-order valence-electron chi connectivity index (χ1n) is 3.46. The molecule has 0 radical (unpaired) electrons. The Balaban J connectivity index is 3.79. The highest BCUT2D eigenvalue weighted by molar-refractivity contribution is 5.14. The lowest BCUT2D eigenvalue weighted by atomic mass is 10.2. The van der Waals surface area contributed by atoms with E-state index in [1.807, 2.05) is 0 Å². The fourth-order valence-electron chi connectivity index (χ4n) is 0.585. The molecule has 0 aliphatic carbocycles. The first kappa shape index (κ1) is 9.44. The average molecular weight is 140 g/mol. The largest absolute Gasteiger partial charge is 0.380 e. The zero-order valence-electron chi connectivity index (χ0n) is 7.27. The molecule has 0 aromatic heterocycles. The van der Waals surface area contributed by atoms with E-state index in [2.05, 4.69) is 32.9 Å². The van der Waals surface area contributed by atoms with Gasteiger partial charge in [-0.15, -0.1) is 0 Å². The lowest BCUT2D eigenvalue weighted by molar-refractivity contribution is 0.226. The van der Waals surface area contributed by atoms with E-state index in [0.29, 0.717) is 0 Å². The Kier molecular flexibility index (Phi) is 4.95. The van der Waals surface area contributed by atoms with Crippen molar-refractivity contribution in [3.8, 4) is 0 Å². The minimum Gasteiger partial charge on any atom is -0.380 e. The SMILES string of the molecule is COCC(C)=CC=C(C)C. The highest BCUT2D eigenvalue weighted by atomic mass is 16.5. The molecular formula is C9H16O. The first-order chi connectivity index (χ1) is 4.66. The second-order valence-electron chi connectivity index (χ2n) is 2.69. The Labute approximate surface area is 63.4 Å². The van der Waals surface area contributed by atoms with Gasteiger partial charge in [-0.2, -0.15) is 0 Å². The topological polar surface area (TPSA) is 9.23 Å². The van der Waals surface area contributed by atoms with Gasteiger partial charge in [0.1, 0.15) is 0 Å². The van der Waals surface area contributed by atoms with Gasteiger partial charge < -0.3 is 4.74 Å². The van der Waals surface area contributed by atoms with Crippen molar-refractivity contribution in [1.29, 1.82) is 0 Å². The molecule has 0 amide bonds. The maximum absolute atomic E-state index is 4.94. The minimum atomic E-state index is 0.726. The van der Waals surface area contributed by atoms with Crippen molar-refractivity contribution >= 4 is 0 Å². The Morgan fingerprint density at radius 3 is 2.20 bits per heavy atom. The van der Waals surface area contributed by atoms with Gasteiger partial charge in [-0.25, -0.2) is 0 Å². The van der Waals surface area contributed by atoms with Crippen LogP contribution >= 0.6 is 0 Å². The quantitative estimate of drug-likeness (QED) is 0.547. The molecule has 0 heterocycles. The van der Waals surface area contributed by atoms with Crippen molar-refractivity contribution in [2.24, 2.45) is 0 Å². The molecule has 0 aliphatic rings. The molecule has 0 saturated heterocycles. The highest BCUT2D eigenvalue weighted by Crippen LogP contribution is 1.96. The molecule has 0 spiro atoms. The Morgan fingerprint density at radius 1 is 1.20 bits per heavy atom. The maximum Gasteiger partial charge on any atom is 0.0673 e. The van der Waals surface area contributed by atoms with Crippen molar-refractivity contribution in [3.63, 3.8) is 0 Å². The van der Waals surface area contributed by atoms with Crippen LogP contribution in [0.1, 0.15) is 20.8 Å². The summed E-state index contributed by atoms with van der Waals surface area (Å²) >= 11 is 0. The summed E-state index contributed by atoms with van der Waals surface area (Å²) in [4.78, 5) is 0. The molecule has 0 bridgehead atoms. The molecule has 0 fully saturated rings. The third-order valence-electron chi connectivity index (χ3n) is 1.07. The Bertz CT molecular complexity index is 139. The summed E-state index contributed by atoms with van der Waals surface area (Å²) < 4.78 is 4.94. The van der Waals surface area contributed by atoms with E-state index in [0.717, 1.165) is 6.61 Å². The second kappa shape index (κ2) is 5.24. The van der Waals surface area contributed by atoms with Crippen LogP contribution in [0.25, 0.3) is 0 Å². The average Bonchev–Trinajstić information content (AvgIpc) is 1.85. The lowest BCUT2D eigenvalue weighted by Crippen LogP contribution is -1.88. The Hall–Kier alpha value is -0.560. The van der Waals surface area contributed by atoms with Gasteiger partial charge >= 0.3 is 0 Å². The normalized spacial score (nSPS) is 11.4. The van der Waals surface area contributed by atoms with Crippen molar-refractivity contribution in [1.82, 2.24) is 0 Å². The van der Waals surface area contributed by atoms with E-state index in [9.17, 15) is 0 Å². The van der Waals surface area contributed by atoms with Crippen LogP contribution in [0.3, 0.4) is 0 Å². The fourth-order valence-corrected chi connectivity index (χ4v) is 0.585. The summed E-state index contributed by atoms with van der Waals surface area (Å²) in [7, 11) is 1.71. The summed E-state index contributed by atoms with van der Waals surface area (Å²) in [5.74, 6) is 0. The number of hydrogen-bond acceptors (Lipinski definition) is 1. The summed E-state index contributed by atoms with van der Waals surface area (Å²) in [6, 6.07) is 0. The zero-order chi connectivity index (χ0) is 7.98. The third-order valence-corrected chi connectivity index (χ3v) is 1.07. The van der Waals surface area contributed by atoms with Crippen LogP contribution < -0.4 is 0 Å². The smallest absolute Gasteiger partial charge is 0.0673 e.